The van der Waals surface area contributed by atoms with E-state index in [1.165, 1.54) is 12.1 Å². The third-order valence-corrected chi connectivity index (χ3v) is 9.87. The number of aromatic nitrogens is 1. The van der Waals surface area contributed by atoms with Gasteiger partial charge in [0.15, 0.2) is 11.4 Å². The number of Topliss-reactive ketones (excluding diaryl/α,β-unsaturated/α-hetero) is 2. The van der Waals surface area contributed by atoms with Gasteiger partial charge in [0.2, 0.25) is 5.78 Å². The number of pyridine rings is 1. The summed E-state index contributed by atoms with van der Waals surface area (Å²) in [6, 6.07) is 26.6. The van der Waals surface area contributed by atoms with E-state index in [1.807, 2.05) is 55.5 Å². The first-order valence-electron chi connectivity index (χ1n) is 16.6. The fraction of sp³-hybridized carbons (Fsp3) is 0.300. The number of benzene rings is 3. The number of hydrogen-bond donors (Lipinski definition) is 4. The van der Waals surface area contributed by atoms with Crippen LogP contribution in [0.3, 0.4) is 0 Å². The number of ether oxygens (including phenoxy) is 2. The molecule has 0 radical (unpaired) electrons. The van der Waals surface area contributed by atoms with E-state index in [-0.39, 0.29) is 24.2 Å². The Morgan fingerprint density at radius 2 is 1.58 bits per heavy atom. The molecule has 0 saturated carbocycles. The first kappa shape index (κ1) is 34.8. The molecule has 10 nitrogen and oxygen atoms in total. The Labute approximate surface area is 290 Å². The standard InChI is InChI=1S/C40H40N2O8/c1-25(11-12-27-17-18-42-35(41)20-27)30(23-44)21-39-36(46)31-9-5-6-10-32(31)37(47)40(39,50-39)38(48)49-24-34(45)33(19-26-7-3-2-4-8-26)29-15-13-28(22-43)14-16-29/h2-10,13-18,20,33-34,43-45H,11-12,19,21-24H2,1H3,(H2,41,42). The molecule has 5 N–H and O–H groups in total. The Kier molecular flexibility index (Phi) is 10.1. The van der Waals surface area contributed by atoms with Crippen LogP contribution < -0.4 is 5.73 Å². The molecule has 2 heterocycles. The van der Waals surface area contributed by atoms with Crippen LogP contribution >= 0.6 is 0 Å². The number of nitrogen functional groups attached to an aromatic ring is 1. The molecule has 50 heavy (non-hydrogen) atoms. The van der Waals surface area contributed by atoms with Crippen molar-refractivity contribution in [2.75, 3.05) is 18.9 Å². The van der Waals surface area contributed by atoms with Gasteiger partial charge in [0.25, 0.3) is 5.60 Å². The van der Waals surface area contributed by atoms with Crippen molar-refractivity contribution in [2.45, 2.75) is 62.4 Å². The highest BCUT2D eigenvalue weighted by atomic mass is 16.7. The van der Waals surface area contributed by atoms with Gasteiger partial charge in [-0.25, -0.2) is 9.78 Å². The number of carbonyl (C=O) groups excluding carboxylic acids is 3. The number of nitrogens with two attached hydrogens (primary N) is 1. The van der Waals surface area contributed by atoms with Crippen LogP contribution in [0.5, 0.6) is 0 Å². The number of rotatable bonds is 14. The molecule has 1 fully saturated rings. The Morgan fingerprint density at radius 1 is 0.900 bits per heavy atom. The predicted octanol–water partition coefficient (Wildman–Crippen LogP) is 4.31. The first-order chi connectivity index (χ1) is 24.1. The molecular weight excluding hydrogens is 636 g/mol. The van der Waals surface area contributed by atoms with Gasteiger partial charge >= 0.3 is 5.97 Å². The molecule has 10 heteroatoms. The van der Waals surface area contributed by atoms with Gasteiger partial charge in [-0.3, -0.25) is 9.59 Å². The summed E-state index contributed by atoms with van der Waals surface area (Å²) in [5.41, 5.74) is 6.45. The van der Waals surface area contributed by atoms with Crippen LogP contribution in [0, 0.1) is 0 Å². The highest BCUT2D eigenvalue weighted by Crippen LogP contribution is 2.59. The second kappa shape index (κ2) is 14.5. The first-order valence-corrected chi connectivity index (χ1v) is 16.6. The monoisotopic (exact) mass is 676 g/mol. The highest BCUT2D eigenvalue weighted by Gasteiger charge is 2.85. The normalized spacial score (nSPS) is 21.0. The van der Waals surface area contributed by atoms with Gasteiger partial charge in [-0.1, -0.05) is 84.4 Å². The molecule has 2 aliphatic rings. The van der Waals surface area contributed by atoms with Crippen LogP contribution in [0.15, 0.2) is 108 Å². The van der Waals surface area contributed by atoms with Crippen LogP contribution in [-0.2, 0) is 33.7 Å². The lowest BCUT2D eigenvalue weighted by molar-refractivity contribution is -0.151. The Morgan fingerprint density at radius 3 is 2.24 bits per heavy atom. The Hall–Kier alpha value is -5.00. The van der Waals surface area contributed by atoms with Crippen molar-refractivity contribution in [1.82, 2.24) is 4.98 Å². The van der Waals surface area contributed by atoms with E-state index < -0.39 is 54.0 Å². The summed E-state index contributed by atoms with van der Waals surface area (Å²) in [5.74, 6) is -2.43. The van der Waals surface area contributed by atoms with Gasteiger partial charge in [0, 0.05) is 29.7 Å². The maximum atomic E-state index is 14.1. The SMILES string of the molecule is CC(CCc1ccnc(N)c1)=C(CO)CC12OC1(C(=O)OCC(O)C(Cc1ccccc1)c1ccc(CO)cc1)C(=O)c1ccccc1C2=O. The summed E-state index contributed by atoms with van der Waals surface area (Å²) in [4.78, 5) is 46.3. The molecule has 1 aromatic heterocycles. The Bertz CT molecular complexity index is 1930. The zero-order chi connectivity index (χ0) is 35.5. The van der Waals surface area contributed by atoms with Crippen LogP contribution in [0.4, 0.5) is 5.82 Å². The molecule has 4 unspecified atom stereocenters. The topological polar surface area (TPSA) is 173 Å². The molecule has 1 saturated heterocycles. The average Bonchev–Trinajstić information content (AvgIpc) is 3.85. The van der Waals surface area contributed by atoms with Crippen LogP contribution in [-0.4, -0.2) is 68.4 Å². The van der Waals surface area contributed by atoms with Crippen molar-refractivity contribution in [3.63, 3.8) is 0 Å². The van der Waals surface area contributed by atoms with Crippen LogP contribution in [0.1, 0.15) is 68.7 Å². The second-order valence-corrected chi connectivity index (χ2v) is 13.0. The van der Waals surface area contributed by atoms with Gasteiger partial charge in [0.1, 0.15) is 12.4 Å². The highest BCUT2D eigenvalue weighted by molar-refractivity contribution is 6.32. The summed E-state index contributed by atoms with van der Waals surface area (Å²) >= 11 is 0. The van der Waals surface area contributed by atoms with Crippen LogP contribution in [0.25, 0.3) is 0 Å². The molecule has 6 rings (SSSR count). The lowest BCUT2D eigenvalue weighted by Gasteiger charge is -2.27. The van der Waals surface area contributed by atoms with E-state index in [0.717, 1.165) is 22.3 Å². The summed E-state index contributed by atoms with van der Waals surface area (Å²) < 4.78 is 11.7. The zero-order valence-electron chi connectivity index (χ0n) is 27.7. The fourth-order valence-corrected chi connectivity index (χ4v) is 6.89. The maximum Gasteiger partial charge on any atom is 0.350 e. The molecule has 4 aromatic rings. The molecule has 1 aliphatic heterocycles. The van der Waals surface area contributed by atoms with Crippen molar-refractivity contribution < 1.29 is 39.2 Å². The van der Waals surface area contributed by atoms with Crippen molar-refractivity contribution in [3.05, 3.63) is 142 Å². The van der Waals surface area contributed by atoms with E-state index >= 15 is 0 Å². The largest absolute Gasteiger partial charge is 0.460 e. The van der Waals surface area contributed by atoms with E-state index in [0.29, 0.717) is 36.2 Å². The number of allylic oxidation sites excluding steroid dienone is 1. The summed E-state index contributed by atoms with van der Waals surface area (Å²) in [6.45, 7) is 0.808. The van der Waals surface area contributed by atoms with E-state index in [2.05, 4.69) is 4.98 Å². The molecule has 1 aliphatic carbocycles. The number of fused-ring (bicyclic) bond motifs is 2. The number of hydrogen-bond acceptors (Lipinski definition) is 10. The van der Waals surface area contributed by atoms with Crippen molar-refractivity contribution in [3.8, 4) is 0 Å². The molecule has 3 aromatic carbocycles. The predicted molar refractivity (Wildman–Crippen MR) is 185 cm³/mol. The number of anilines is 1. The molecule has 0 amide bonds. The smallest absolute Gasteiger partial charge is 0.350 e. The number of carbonyl (C=O) groups is 3. The van der Waals surface area contributed by atoms with Gasteiger partial charge in [-0.05, 0) is 66.1 Å². The number of aryl methyl sites for hydroxylation is 1. The number of nitrogens with zero attached hydrogens (tertiary/aromatic N) is 1. The number of aliphatic hydroxyl groups is 3. The molecule has 4 atom stereocenters. The molecular formula is C40H40N2O8. The van der Waals surface area contributed by atoms with E-state index in [9.17, 15) is 29.7 Å². The minimum atomic E-state index is -2.27. The summed E-state index contributed by atoms with van der Waals surface area (Å²) in [5, 5.41) is 31.5. The van der Waals surface area contributed by atoms with Gasteiger partial charge in [-0.15, -0.1) is 0 Å². The minimum Gasteiger partial charge on any atom is -0.460 e. The summed E-state index contributed by atoms with van der Waals surface area (Å²) in [6.07, 6.45) is 1.75. The second-order valence-electron chi connectivity index (χ2n) is 13.0. The molecule has 0 spiro atoms. The number of epoxide rings is 1. The van der Waals surface area contributed by atoms with Gasteiger partial charge in [0.05, 0.1) is 19.3 Å². The Balaban J connectivity index is 1.27. The number of esters is 1. The maximum absolute atomic E-state index is 14.1. The lowest BCUT2D eigenvalue weighted by Crippen LogP contribution is -2.51. The molecule has 258 valence electrons. The third-order valence-electron chi connectivity index (χ3n) is 9.87. The zero-order valence-corrected chi connectivity index (χ0v) is 27.7. The third kappa shape index (κ3) is 6.50. The minimum absolute atomic E-state index is 0.0515. The van der Waals surface area contributed by atoms with E-state index in [1.54, 1.807) is 36.5 Å². The van der Waals surface area contributed by atoms with Crippen molar-refractivity contribution in [1.29, 1.82) is 0 Å². The van der Waals surface area contributed by atoms with Crippen molar-refractivity contribution >= 4 is 23.4 Å². The quantitative estimate of drug-likeness (QED) is 0.0653. The van der Waals surface area contributed by atoms with E-state index in [4.69, 9.17) is 15.2 Å². The fourth-order valence-electron chi connectivity index (χ4n) is 6.89. The van der Waals surface area contributed by atoms with Gasteiger partial charge in [-0.2, -0.15) is 0 Å². The number of aliphatic hydroxyl groups excluding tert-OH is 3. The van der Waals surface area contributed by atoms with Crippen molar-refractivity contribution in [2.24, 2.45) is 0 Å². The average molecular weight is 677 g/mol. The summed E-state index contributed by atoms with van der Waals surface area (Å²) in [7, 11) is 0. The number of ketones is 2. The molecule has 0 bridgehead atoms. The lowest BCUT2D eigenvalue weighted by atomic mass is 9.71. The van der Waals surface area contributed by atoms with Crippen LogP contribution in [0.2, 0.25) is 0 Å². The van der Waals surface area contributed by atoms with Gasteiger partial charge < -0.3 is 30.5 Å².